The van der Waals surface area contributed by atoms with Crippen molar-refractivity contribution in [2.45, 2.75) is 6.92 Å². The molecule has 0 unspecified atom stereocenters. The maximum Gasteiger partial charge on any atom is 0.196 e. The number of benzene rings is 2. The van der Waals surface area contributed by atoms with Crippen LogP contribution in [0.15, 0.2) is 59.0 Å². The molecule has 0 aliphatic heterocycles. The fraction of sp³-hybridized carbons (Fsp3) is 0.0556. The Morgan fingerprint density at radius 2 is 2.04 bits per heavy atom. The van der Waals surface area contributed by atoms with Gasteiger partial charge in [-0.2, -0.15) is 10.4 Å². The first kappa shape index (κ1) is 16.2. The molecule has 0 aliphatic rings. The first-order chi connectivity index (χ1) is 11.7. The second kappa shape index (κ2) is 7.26. The van der Waals surface area contributed by atoms with Crippen molar-refractivity contribution in [1.29, 1.82) is 5.26 Å². The lowest BCUT2D eigenvalue weighted by Crippen LogP contribution is -2.01. The molecule has 1 N–H and O–H groups in total. The van der Waals surface area contributed by atoms with Crippen molar-refractivity contribution in [1.82, 2.24) is 4.98 Å². The fourth-order valence-electron chi connectivity index (χ4n) is 2.09. The second-order valence-electron chi connectivity index (χ2n) is 5.10. The normalized spacial score (nSPS) is 11.1. The van der Waals surface area contributed by atoms with Crippen molar-refractivity contribution in [2.75, 3.05) is 5.43 Å². The molecule has 0 atom stereocenters. The van der Waals surface area contributed by atoms with E-state index in [0.717, 1.165) is 22.5 Å². The Bertz CT molecular complexity index is 923. The van der Waals surface area contributed by atoms with Gasteiger partial charge in [0.2, 0.25) is 0 Å². The zero-order valence-electron chi connectivity index (χ0n) is 12.8. The molecule has 0 fully saturated rings. The largest absolute Gasteiger partial charge is 0.277 e. The van der Waals surface area contributed by atoms with Crippen molar-refractivity contribution < 1.29 is 0 Å². The van der Waals surface area contributed by atoms with Crippen LogP contribution in [0.4, 0.5) is 5.69 Å². The molecule has 0 bridgehead atoms. The fourth-order valence-corrected chi connectivity index (χ4v) is 2.98. The van der Waals surface area contributed by atoms with E-state index in [-0.39, 0.29) is 5.71 Å². The Hall–Kier alpha value is -2.68. The lowest BCUT2D eigenvalue weighted by Gasteiger charge is -2.01. The molecule has 3 aromatic rings. The van der Waals surface area contributed by atoms with Crippen LogP contribution in [0, 0.1) is 18.3 Å². The maximum atomic E-state index is 9.36. The Labute approximate surface area is 149 Å². The minimum Gasteiger partial charge on any atom is -0.277 e. The lowest BCUT2D eigenvalue weighted by atomic mass is 10.2. The molecule has 6 heteroatoms. The highest BCUT2D eigenvalue weighted by atomic mass is 35.5. The smallest absolute Gasteiger partial charge is 0.196 e. The van der Waals surface area contributed by atoms with Gasteiger partial charge in [0.05, 0.1) is 11.4 Å². The molecular weight excluding hydrogens is 340 g/mol. The van der Waals surface area contributed by atoms with Gasteiger partial charge in [-0.05, 0) is 36.8 Å². The van der Waals surface area contributed by atoms with E-state index in [9.17, 15) is 5.26 Å². The van der Waals surface area contributed by atoms with Gasteiger partial charge in [-0.1, -0.05) is 35.9 Å². The first-order valence-corrected chi connectivity index (χ1v) is 8.44. The number of hydrogen-bond acceptors (Lipinski definition) is 5. The zero-order valence-corrected chi connectivity index (χ0v) is 14.4. The maximum absolute atomic E-state index is 9.36. The number of aryl methyl sites for hydroxylation is 1. The highest BCUT2D eigenvalue weighted by Crippen LogP contribution is 2.24. The molecule has 1 heterocycles. The van der Waals surface area contributed by atoms with E-state index >= 15 is 0 Å². The molecule has 2 aromatic carbocycles. The summed E-state index contributed by atoms with van der Waals surface area (Å²) in [5.41, 5.74) is 6.85. The summed E-state index contributed by atoms with van der Waals surface area (Å²) in [6, 6.07) is 17.3. The average molecular weight is 353 g/mol. The summed E-state index contributed by atoms with van der Waals surface area (Å²) >= 11 is 7.28. The highest BCUT2D eigenvalue weighted by molar-refractivity contribution is 7.12. The highest BCUT2D eigenvalue weighted by Gasteiger charge is 2.10. The van der Waals surface area contributed by atoms with E-state index in [1.165, 1.54) is 11.3 Å². The van der Waals surface area contributed by atoms with Gasteiger partial charge in [-0.15, -0.1) is 11.3 Å². The number of aromatic nitrogens is 1. The van der Waals surface area contributed by atoms with Crippen LogP contribution in [0.2, 0.25) is 5.02 Å². The third-order valence-electron chi connectivity index (χ3n) is 3.27. The van der Waals surface area contributed by atoms with Gasteiger partial charge in [-0.3, -0.25) is 5.43 Å². The third-order valence-corrected chi connectivity index (χ3v) is 4.37. The SMILES string of the molecule is Cc1cccc(NN=C(C#N)c2nc(-c3ccc(Cl)cc3)cs2)c1. The minimum absolute atomic E-state index is 0.252. The van der Waals surface area contributed by atoms with Gasteiger partial charge in [0, 0.05) is 16.0 Å². The number of thiazole rings is 1. The predicted molar refractivity (Wildman–Crippen MR) is 99.5 cm³/mol. The van der Waals surface area contributed by atoms with Gasteiger partial charge in [-0.25, -0.2) is 4.98 Å². The molecule has 0 amide bonds. The van der Waals surface area contributed by atoms with Gasteiger partial charge >= 0.3 is 0 Å². The molecule has 3 rings (SSSR count). The van der Waals surface area contributed by atoms with Crippen molar-refractivity contribution >= 4 is 34.3 Å². The summed E-state index contributed by atoms with van der Waals surface area (Å²) in [7, 11) is 0. The molecule has 0 saturated carbocycles. The summed E-state index contributed by atoms with van der Waals surface area (Å²) in [5, 5.41) is 16.7. The molecule has 0 spiro atoms. The predicted octanol–water partition coefficient (Wildman–Crippen LogP) is 5.11. The van der Waals surface area contributed by atoms with Crippen LogP contribution in [0.3, 0.4) is 0 Å². The number of nitriles is 1. The van der Waals surface area contributed by atoms with Crippen molar-refractivity contribution in [3.05, 3.63) is 69.5 Å². The van der Waals surface area contributed by atoms with Crippen LogP contribution in [0.25, 0.3) is 11.3 Å². The molecule has 4 nitrogen and oxygen atoms in total. The summed E-state index contributed by atoms with van der Waals surface area (Å²) in [5.74, 6) is 0. The van der Waals surface area contributed by atoms with Crippen LogP contribution in [-0.2, 0) is 0 Å². The number of hydrazone groups is 1. The van der Waals surface area contributed by atoms with E-state index in [1.807, 2.05) is 60.8 Å². The monoisotopic (exact) mass is 352 g/mol. The summed E-state index contributed by atoms with van der Waals surface area (Å²) in [6.45, 7) is 2.00. The van der Waals surface area contributed by atoms with E-state index in [0.29, 0.717) is 10.0 Å². The third kappa shape index (κ3) is 3.80. The summed E-state index contributed by atoms with van der Waals surface area (Å²) < 4.78 is 0. The zero-order chi connectivity index (χ0) is 16.9. The Kier molecular flexibility index (Phi) is 4.90. The molecule has 0 saturated heterocycles. The number of nitrogens with zero attached hydrogens (tertiary/aromatic N) is 3. The Morgan fingerprint density at radius 1 is 1.25 bits per heavy atom. The molecule has 0 radical (unpaired) electrons. The van der Waals surface area contributed by atoms with Gasteiger partial charge in [0.15, 0.2) is 10.7 Å². The summed E-state index contributed by atoms with van der Waals surface area (Å²) in [6.07, 6.45) is 0. The number of rotatable bonds is 4. The molecular formula is C18H13ClN4S. The van der Waals surface area contributed by atoms with Crippen LogP contribution < -0.4 is 5.43 Å². The van der Waals surface area contributed by atoms with Crippen LogP contribution in [0.5, 0.6) is 0 Å². The molecule has 1 aromatic heterocycles. The van der Waals surface area contributed by atoms with Gasteiger partial charge < -0.3 is 0 Å². The van der Waals surface area contributed by atoms with Gasteiger partial charge in [0.25, 0.3) is 0 Å². The standard InChI is InChI=1S/C18H13ClN4S/c1-12-3-2-4-15(9-12)22-23-16(10-20)18-21-17(11-24-18)13-5-7-14(19)8-6-13/h2-9,11,22H,1H3. The molecule has 118 valence electrons. The number of halogens is 1. The average Bonchev–Trinajstić information content (AvgIpc) is 3.06. The number of hydrogen-bond donors (Lipinski definition) is 1. The number of anilines is 1. The quantitative estimate of drug-likeness (QED) is 0.524. The Balaban J connectivity index is 1.82. The topological polar surface area (TPSA) is 61.1 Å². The van der Waals surface area contributed by atoms with E-state index < -0.39 is 0 Å². The van der Waals surface area contributed by atoms with E-state index in [2.05, 4.69) is 21.6 Å². The lowest BCUT2D eigenvalue weighted by molar-refractivity contribution is 1.30. The van der Waals surface area contributed by atoms with E-state index in [1.54, 1.807) is 0 Å². The van der Waals surface area contributed by atoms with Crippen LogP contribution >= 0.6 is 22.9 Å². The van der Waals surface area contributed by atoms with Crippen molar-refractivity contribution in [3.8, 4) is 17.3 Å². The Morgan fingerprint density at radius 3 is 2.75 bits per heavy atom. The van der Waals surface area contributed by atoms with Crippen LogP contribution in [-0.4, -0.2) is 10.7 Å². The molecule has 0 aliphatic carbocycles. The minimum atomic E-state index is 0.252. The van der Waals surface area contributed by atoms with Crippen LogP contribution in [0.1, 0.15) is 10.6 Å². The summed E-state index contributed by atoms with van der Waals surface area (Å²) in [4.78, 5) is 4.49. The van der Waals surface area contributed by atoms with Crippen molar-refractivity contribution in [2.24, 2.45) is 5.10 Å². The van der Waals surface area contributed by atoms with Crippen molar-refractivity contribution in [3.63, 3.8) is 0 Å². The second-order valence-corrected chi connectivity index (χ2v) is 6.39. The molecule has 24 heavy (non-hydrogen) atoms. The number of nitrogens with one attached hydrogen (secondary N) is 1. The van der Waals surface area contributed by atoms with Gasteiger partial charge in [0.1, 0.15) is 6.07 Å². The van der Waals surface area contributed by atoms with E-state index in [4.69, 9.17) is 11.6 Å². The first-order valence-electron chi connectivity index (χ1n) is 7.18.